The maximum Gasteiger partial charge on any atom is 0.321 e. The lowest BCUT2D eigenvalue weighted by atomic mass is 10.1. The van der Waals surface area contributed by atoms with E-state index in [1.807, 2.05) is 0 Å². The molecule has 2 unspecified atom stereocenters. The molecule has 2 atom stereocenters. The van der Waals surface area contributed by atoms with Crippen molar-refractivity contribution >= 4 is 18.0 Å². The monoisotopic (exact) mass is 352 g/mol. The van der Waals surface area contributed by atoms with Crippen LogP contribution >= 0.6 is 0 Å². The van der Waals surface area contributed by atoms with Crippen molar-refractivity contribution < 1.29 is 24.6 Å². The lowest BCUT2D eigenvalue weighted by Gasteiger charge is -2.29. The SMILES string of the molecule is O=C([O-])C1C(C(=O)[O-])N(Cc2ccccc2)C(=O)N1Cc1ccccc1. The Morgan fingerprint density at radius 1 is 0.731 bits per heavy atom. The Morgan fingerprint density at radius 2 is 1.08 bits per heavy atom. The summed E-state index contributed by atoms with van der Waals surface area (Å²) in [4.78, 5) is 38.1. The smallest absolute Gasteiger partial charge is 0.321 e. The van der Waals surface area contributed by atoms with Crippen molar-refractivity contribution in [3.63, 3.8) is 0 Å². The zero-order valence-corrected chi connectivity index (χ0v) is 13.8. The first-order valence-corrected chi connectivity index (χ1v) is 8.06. The number of carbonyl (C=O) groups excluding carboxylic acids is 3. The van der Waals surface area contributed by atoms with Crippen molar-refractivity contribution in [1.82, 2.24) is 9.80 Å². The zero-order chi connectivity index (χ0) is 18.7. The van der Waals surface area contributed by atoms with Gasteiger partial charge in [0.25, 0.3) is 0 Å². The van der Waals surface area contributed by atoms with Crippen molar-refractivity contribution in [2.75, 3.05) is 0 Å². The summed E-state index contributed by atoms with van der Waals surface area (Å²) >= 11 is 0. The molecule has 3 rings (SSSR count). The molecule has 26 heavy (non-hydrogen) atoms. The minimum Gasteiger partial charge on any atom is -0.548 e. The maximum atomic E-state index is 12.8. The summed E-state index contributed by atoms with van der Waals surface area (Å²) in [5.41, 5.74) is 1.37. The number of amides is 2. The van der Waals surface area contributed by atoms with Crippen LogP contribution in [0.3, 0.4) is 0 Å². The number of hydrogen-bond acceptors (Lipinski definition) is 5. The molecule has 0 N–H and O–H groups in total. The molecule has 1 fully saturated rings. The van der Waals surface area contributed by atoms with Gasteiger partial charge in [-0.25, -0.2) is 4.79 Å². The highest BCUT2D eigenvalue weighted by Gasteiger charge is 2.47. The molecular formula is C19H16N2O5-2. The molecule has 0 bridgehead atoms. The molecule has 2 amide bonds. The van der Waals surface area contributed by atoms with E-state index in [2.05, 4.69) is 0 Å². The van der Waals surface area contributed by atoms with E-state index in [1.165, 1.54) is 0 Å². The minimum atomic E-state index is -1.63. The fourth-order valence-electron chi connectivity index (χ4n) is 3.15. The number of carbonyl (C=O) groups is 3. The molecule has 0 aliphatic carbocycles. The summed E-state index contributed by atoms with van der Waals surface area (Å²) in [6.07, 6.45) is 0. The highest BCUT2D eigenvalue weighted by atomic mass is 16.4. The highest BCUT2D eigenvalue weighted by molar-refractivity contribution is 5.94. The van der Waals surface area contributed by atoms with Gasteiger partial charge in [-0.1, -0.05) is 60.7 Å². The third kappa shape index (κ3) is 3.37. The molecule has 1 aliphatic rings. The number of aliphatic carboxylic acids is 2. The second-order valence-electron chi connectivity index (χ2n) is 6.04. The van der Waals surface area contributed by atoms with Gasteiger partial charge in [-0.3, -0.25) is 0 Å². The van der Waals surface area contributed by atoms with Crippen molar-refractivity contribution in [1.29, 1.82) is 0 Å². The van der Waals surface area contributed by atoms with Gasteiger partial charge in [0.2, 0.25) is 0 Å². The minimum absolute atomic E-state index is 0.0343. The second kappa shape index (κ2) is 7.26. The normalized spacial score (nSPS) is 19.6. The summed E-state index contributed by atoms with van der Waals surface area (Å²) in [7, 11) is 0. The number of nitrogens with zero attached hydrogens (tertiary/aromatic N) is 2. The molecular weight excluding hydrogens is 336 g/mol. The van der Waals surface area contributed by atoms with Crippen molar-refractivity contribution in [2.45, 2.75) is 25.2 Å². The second-order valence-corrected chi connectivity index (χ2v) is 6.04. The number of carboxylic acids is 2. The molecule has 7 nitrogen and oxygen atoms in total. The maximum absolute atomic E-state index is 12.8. The van der Waals surface area contributed by atoms with Crippen LogP contribution in [-0.2, 0) is 22.7 Å². The van der Waals surface area contributed by atoms with E-state index in [1.54, 1.807) is 60.7 Å². The van der Waals surface area contributed by atoms with Crippen molar-refractivity contribution in [3.05, 3.63) is 71.8 Å². The largest absolute Gasteiger partial charge is 0.548 e. The Morgan fingerprint density at radius 3 is 1.38 bits per heavy atom. The van der Waals surface area contributed by atoms with E-state index < -0.39 is 30.1 Å². The Hall–Kier alpha value is -3.35. The van der Waals surface area contributed by atoms with Gasteiger partial charge in [0.1, 0.15) is 0 Å². The van der Waals surface area contributed by atoms with Crippen molar-refractivity contribution in [2.24, 2.45) is 0 Å². The van der Waals surface area contributed by atoms with Crippen LogP contribution in [0, 0.1) is 0 Å². The van der Waals surface area contributed by atoms with Crippen LogP contribution in [-0.4, -0.2) is 39.9 Å². The standard InChI is InChI=1S/C19H18N2O5/c22-17(23)15-16(18(24)25)21(12-14-9-5-2-6-10-14)19(26)20(15)11-13-7-3-1-4-8-13/h1-10,15-16H,11-12H2,(H,22,23)(H,24,25)/p-2. The van der Waals surface area contributed by atoms with Crippen LogP contribution in [0.15, 0.2) is 60.7 Å². The number of carboxylic acid groups (broad SMARTS) is 2. The first kappa shape index (κ1) is 17.5. The predicted molar refractivity (Wildman–Crippen MR) is 87.0 cm³/mol. The molecule has 7 heteroatoms. The predicted octanol–water partition coefficient (Wildman–Crippen LogP) is -0.639. The fraction of sp³-hybridized carbons (Fsp3) is 0.211. The molecule has 1 saturated heterocycles. The van der Waals surface area contributed by atoms with E-state index in [-0.39, 0.29) is 13.1 Å². The molecule has 1 aliphatic heterocycles. The van der Waals surface area contributed by atoms with Crippen LogP contribution in [0.2, 0.25) is 0 Å². The zero-order valence-electron chi connectivity index (χ0n) is 13.8. The molecule has 0 saturated carbocycles. The van der Waals surface area contributed by atoms with Gasteiger partial charge in [0.05, 0.1) is 24.0 Å². The van der Waals surface area contributed by atoms with Gasteiger partial charge in [-0.05, 0) is 11.1 Å². The van der Waals surface area contributed by atoms with E-state index in [9.17, 15) is 24.6 Å². The number of urea groups is 1. The summed E-state index contributed by atoms with van der Waals surface area (Å²) in [5.74, 6) is -3.25. The summed E-state index contributed by atoms with van der Waals surface area (Å²) in [5, 5.41) is 23.3. The fourth-order valence-corrected chi connectivity index (χ4v) is 3.15. The first-order chi connectivity index (χ1) is 12.5. The average molecular weight is 352 g/mol. The molecule has 0 spiro atoms. The van der Waals surface area contributed by atoms with E-state index >= 15 is 0 Å². The third-order valence-electron chi connectivity index (χ3n) is 4.34. The molecule has 134 valence electrons. The van der Waals surface area contributed by atoms with Gasteiger partial charge in [-0.15, -0.1) is 0 Å². The quantitative estimate of drug-likeness (QED) is 0.688. The highest BCUT2D eigenvalue weighted by Crippen LogP contribution is 2.27. The Bertz CT molecular complexity index is 742. The number of hydrogen-bond donors (Lipinski definition) is 0. The Balaban J connectivity index is 1.94. The topological polar surface area (TPSA) is 104 Å². The molecule has 0 aromatic heterocycles. The summed E-state index contributed by atoms with van der Waals surface area (Å²) in [6, 6.07) is 13.6. The first-order valence-electron chi connectivity index (χ1n) is 8.06. The molecule has 1 heterocycles. The Kier molecular flexibility index (Phi) is 4.88. The van der Waals surface area contributed by atoms with Crippen LogP contribution < -0.4 is 10.2 Å². The molecule has 0 radical (unpaired) electrons. The van der Waals surface area contributed by atoms with E-state index in [0.29, 0.717) is 11.1 Å². The third-order valence-corrected chi connectivity index (χ3v) is 4.34. The van der Waals surface area contributed by atoms with Crippen LogP contribution in [0.1, 0.15) is 11.1 Å². The van der Waals surface area contributed by atoms with E-state index in [0.717, 1.165) is 9.80 Å². The van der Waals surface area contributed by atoms with Gasteiger partial charge >= 0.3 is 6.03 Å². The number of rotatable bonds is 6. The lowest BCUT2D eigenvalue weighted by Crippen LogP contribution is -2.56. The van der Waals surface area contributed by atoms with E-state index in [4.69, 9.17) is 0 Å². The van der Waals surface area contributed by atoms with Crippen molar-refractivity contribution in [3.8, 4) is 0 Å². The van der Waals surface area contributed by atoms with Gasteiger partial charge in [-0.2, -0.15) is 0 Å². The van der Waals surface area contributed by atoms with Gasteiger partial charge in [0.15, 0.2) is 0 Å². The lowest BCUT2D eigenvalue weighted by molar-refractivity contribution is -0.322. The molecule has 2 aromatic rings. The summed E-state index contributed by atoms with van der Waals surface area (Å²) in [6.45, 7) is -0.0687. The number of benzene rings is 2. The van der Waals surface area contributed by atoms with Gasteiger partial charge in [0, 0.05) is 13.1 Å². The molecule has 2 aromatic carbocycles. The summed E-state index contributed by atoms with van der Waals surface area (Å²) < 4.78 is 0. The Labute approximate surface area is 150 Å². The van der Waals surface area contributed by atoms with Crippen LogP contribution in [0.25, 0.3) is 0 Å². The average Bonchev–Trinajstić information content (AvgIpc) is 2.90. The van der Waals surface area contributed by atoms with Crippen LogP contribution in [0.4, 0.5) is 4.79 Å². The van der Waals surface area contributed by atoms with Crippen LogP contribution in [0.5, 0.6) is 0 Å². The van der Waals surface area contributed by atoms with Gasteiger partial charge < -0.3 is 29.6 Å².